The predicted octanol–water partition coefficient (Wildman–Crippen LogP) is 2.52. The average molecular weight is 243 g/mol. The highest BCUT2D eigenvalue weighted by Crippen LogP contribution is 2.12. The van der Waals surface area contributed by atoms with Crippen LogP contribution in [0.2, 0.25) is 0 Å². The van der Waals surface area contributed by atoms with Gasteiger partial charge in [0.2, 0.25) is 5.91 Å². The Kier molecular flexibility index (Phi) is 3.46. The van der Waals surface area contributed by atoms with E-state index in [4.69, 9.17) is 0 Å². The van der Waals surface area contributed by atoms with Crippen molar-refractivity contribution in [1.29, 1.82) is 0 Å². The molecule has 94 valence electrons. The minimum atomic E-state index is -0.0461. The second-order valence-electron chi connectivity index (χ2n) is 4.59. The fourth-order valence-corrected chi connectivity index (χ4v) is 1.83. The zero-order valence-corrected chi connectivity index (χ0v) is 10.9. The number of aromatic nitrogens is 2. The van der Waals surface area contributed by atoms with Crippen molar-refractivity contribution in [3.8, 4) is 0 Å². The van der Waals surface area contributed by atoms with Crippen LogP contribution >= 0.6 is 0 Å². The summed E-state index contributed by atoms with van der Waals surface area (Å²) >= 11 is 0. The van der Waals surface area contributed by atoms with Gasteiger partial charge in [-0.15, -0.1) is 0 Å². The van der Waals surface area contributed by atoms with Gasteiger partial charge in [-0.25, -0.2) is 0 Å². The molecule has 2 aromatic rings. The molecule has 0 radical (unpaired) electrons. The highest BCUT2D eigenvalue weighted by atomic mass is 16.1. The van der Waals surface area contributed by atoms with Crippen LogP contribution in [0.1, 0.15) is 22.4 Å². The van der Waals surface area contributed by atoms with Crippen molar-refractivity contribution in [3.05, 3.63) is 46.6 Å². The number of carbonyl (C=O) groups is 1. The van der Waals surface area contributed by atoms with Gasteiger partial charge in [0, 0.05) is 11.8 Å². The molecule has 1 amide bonds. The molecule has 2 N–H and O–H groups in total. The molecule has 0 aliphatic rings. The van der Waals surface area contributed by atoms with Crippen molar-refractivity contribution in [1.82, 2.24) is 10.2 Å². The first-order valence-corrected chi connectivity index (χ1v) is 5.92. The minimum Gasteiger partial charge on any atom is -0.309 e. The van der Waals surface area contributed by atoms with Crippen LogP contribution in [0.5, 0.6) is 0 Å². The van der Waals surface area contributed by atoms with Crippen molar-refractivity contribution in [3.63, 3.8) is 0 Å². The molecule has 0 aliphatic carbocycles. The van der Waals surface area contributed by atoms with Gasteiger partial charge in [-0.05, 0) is 31.9 Å². The maximum atomic E-state index is 11.9. The number of carbonyl (C=O) groups excluding carboxylic acids is 1. The molecule has 0 fully saturated rings. The van der Waals surface area contributed by atoms with E-state index in [1.807, 2.05) is 39.0 Å². The summed E-state index contributed by atoms with van der Waals surface area (Å²) < 4.78 is 0. The summed E-state index contributed by atoms with van der Waals surface area (Å²) in [6.07, 6.45) is 0.374. The molecule has 0 aliphatic heterocycles. The van der Waals surface area contributed by atoms with Crippen LogP contribution in [-0.2, 0) is 11.2 Å². The topological polar surface area (TPSA) is 57.8 Å². The molecular formula is C14H17N3O. The zero-order valence-electron chi connectivity index (χ0n) is 10.9. The summed E-state index contributed by atoms with van der Waals surface area (Å²) in [6, 6.07) is 7.94. The van der Waals surface area contributed by atoms with Crippen molar-refractivity contribution in [2.75, 3.05) is 5.32 Å². The summed E-state index contributed by atoms with van der Waals surface area (Å²) in [7, 11) is 0. The Balaban J connectivity index is 2.05. The van der Waals surface area contributed by atoms with Gasteiger partial charge in [-0.2, -0.15) is 5.10 Å². The van der Waals surface area contributed by atoms with E-state index in [1.165, 1.54) is 5.56 Å². The lowest BCUT2D eigenvalue weighted by Crippen LogP contribution is -2.15. The molecule has 0 unspecified atom stereocenters. The number of aromatic amines is 1. The molecular weight excluding hydrogens is 226 g/mol. The quantitative estimate of drug-likeness (QED) is 0.870. The fourth-order valence-electron chi connectivity index (χ4n) is 1.83. The van der Waals surface area contributed by atoms with Crippen molar-refractivity contribution < 1.29 is 4.79 Å². The minimum absolute atomic E-state index is 0.0461. The number of anilines is 1. The van der Waals surface area contributed by atoms with E-state index in [0.29, 0.717) is 12.2 Å². The Morgan fingerprint density at radius 1 is 1.28 bits per heavy atom. The molecule has 0 saturated heterocycles. The first-order valence-electron chi connectivity index (χ1n) is 5.92. The number of amides is 1. The van der Waals surface area contributed by atoms with E-state index in [1.54, 1.807) is 6.07 Å². The van der Waals surface area contributed by atoms with Crippen LogP contribution in [0.3, 0.4) is 0 Å². The second-order valence-corrected chi connectivity index (χ2v) is 4.59. The molecule has 0 saturated carbocycles. The lowest BCUT2D eigenvalue weighted by molar-refractivity contribution is -0.115. The van der Waals surface area contributed by atoms with Gasteiger partial charge >= 0.3 is 0 Å². The van der Waals surface area contributed by atoms with E-state index < -0.39 is 0 Å². The Labute approximate surface area is 106 Å². The first kappa shape index (κ1) is 12.4. The van der Waals surface area contributed by atoms with Gasteiger partial charge in [0.25, 0.3) is 0 Å². The van der Waals surface area contributed by atoms with Crippen LogP contribution in [0.4, 0.5) is 5.82 Å². The van der Waals surface area contributed by atoms with E-state index >= 15 is 0 Å². The highest BCUT2D eigenvalue weighted by Gasteiger charge is 2.08. The predicted molar refractivity (Wildman–Crippen MR) is 71.6 cm³/mol. The number of rotatable bonds is 3. The molecule has 4 nitrogen and oxygen atoms in total. The number of benzene rings is 1. The third-order valence-corrected chi connectivity index (χ3v) is 2.83. The van der Waals surface area contributed by atoms with Gasteiger partial charge in [0.15, 0.2) is 5.82 Å². The third kappa shape index (κ3) is 2.97. The van der Waals surface area contributed by atoms with Crippen molar-refractivity contribution in [2.45, 2.75) is 27.2 Å². The van der Waals surface area contributed by atoms with Gasteiger partial charge in [0.1, 0.15) is 0 Å². The average Bonchev–Trinajstić information content (AvgIpc) is 2.69. The molecule has 1 heterocycles. The number of H-pyrrole nitrogens is 1. The molecule has 1 aromatic heterocycles. The van der Waals surface area contributed by atoms with Gasteiger partial charge in [-0.3, -0.25) is 9.89 Å². The van der Waals surface area contributed by atoms with Crippen molar-refractivity contribution >= 4 is 11.7 Å². The molecule has 4 heteroatoms. The second kappa shape index (κ2) is 5.04. The normalized spacial score (nSPS) is 10.4. The Morgan fingerprint density at radius 2 is 2.06 bits per heavy atom. The summed E-state index contributed by atoms with van der Waals surface area (Å²) in [5.74, 6) is 0.526. The zero-order chi connectivity index (χ0) is 13.1. The van der Waals surface area contributed by atoms with E-state index in [9.17, 15) is 4.79 Å². The van der Waals surface area contributed by atoms with Crippen LogP contribution < -0.4 is 5.32 Å². The number of nitrogens with zero attached hydrogens (tertiary/aromatic N) is 1. The molecule has 1 aromatic carbocycles. The maximum Gasteiger partial charge on any atom is 0.230 e. The van der Waals surface area contributed by atoms with Crippen LogP contribution in [0.25, 0.3) is 0 Å². The van der Waals surface area contributed by atoms with Crippen LogP contribution in [-0.4, -0.2) is 16.1 Å². The standard InChI is InChI=1S/C14H17N3O/c1-9-4-5-10(2)12(6-9)8-14(18)15-13-7-11(3)16-17-13/h4-7H,8H2,1-3H3,(H2,15,16,17,18). The summed E-state index contributed by atoms with van der Waals surface area (Å²) in [6.45, 7) is 5.94. The van der Waals surface area contributed by atoms with E-state index in [-0.39, 0.29) is 5.91 Å². The number of nitrogens with one attached hydrogen (secondary N) is 2. The summed E-state index contributed by atoms with van der Waals surface area (Å²) in [4.78, 5) is 11.9. The Bertz CT molecular complexity index is 572. The fraction of sp³-hybridized carbons (Fsp3) is 0.286. The van der Waals surface area contributed by atoms with Crippen molar-refractivity contribution in [2.24, 2.45) is 0 Å². The van der Waals surface area contributed by atoms with Crippen LogP contribution in [0.15, 0.2) is 24.3 Å². The number of hydrogen-bond acceptors (Lipinski definition) is 2. The monoisotopic (exact) mass is 243 g/mol. The van der Waals surface area contributed by atoms with Gasteiger partial charge in [0.05, 0.1) is 6.42 Å². The number of hydrogen-bond donors (Lipinski definition) is 2. The first-order chi connectivity index (χ1) is 8.54. The Morgan fingerprint density at radius 3 is 2.72 bits per heavy atom. The third-order valence-electron chi connectivity index (χ3n) is 2.83. The van der Waals surface area contributed by atoms with E-state index in [2.05, 4.69) is 15.5 Å². The Hall–Kier alpha value is -2.10. The molecule has 0 atom stereocenters. The lowest BCUT2D eigenvalue weighted by atomic mass is 10.0. The highest BCUT2D eigenvalue weighted by molar-refractivity contribution is 5.91. The molecule has 0 bridgehead atoms. The molecule has 0 spiro atoms. The summed E-state index contributed by atoms with van der Waals surface area (Å²) in [5.41, 5.74) is 4.28. The van der Waals surface area contributed by atoms with Gasteiger partial charge in [-0.1, -0.05) is 23.8 Å². The van der Waals surface area contributed by atoms with Gasteiger partial charge < -0.3 is 5.32 Å². The summed E-state index contributed by atoms with van der Waals surface area (Å²) in [5, 5.41) is 9.55. The SMILES string of the molecule is Cc1ccc(C)c(CC(=O)Nc2cc(C)[nH]n2)c1. The lowest BCUT2D eigenvalue weighted by Gasteiger charge is -2.06. The maximum absolute atomic E-state index is 11.9. The molecule has 18 heavy (non-hydrogen) atoms. The smallest absolute Gasteiger partial charge is 0.230 e. The van der Waals surface area contributed by atoms with Crippen LogP contribution in [0, 0.1) is 20.8 Å². The van der Waals surface area contributed by atoms with E-state index in [0.717, 1.165) is 16.8 Å². The molecule has 2 rings (SSSR count). The largest absolute Gasteiger partial charge is 0.309 e. The number of aryl methyl sites for hydroxylation is 3.